The molecule has 0 saturated carbocycles. The standard InChI is InChI=1S/C23H21Cl2N5O3/c1-26-15-3-4-19-16(11-15)21(27-12-13-9-17(24)20(33-2)18(25)10-13)29-23(28-19)30-7-5-14(6-8-30)22(31)32/h3-4,9-11,14H,5-8,12H2,2H3,(H,31,32)(H,27,28,29). The minimum absolute atomic E-state index is 0.343. The summed E-state index contributed by atoms with van der Waals surface area (Å²) in [6.07, 6.45) is 1.08. The predicted octanol–water partition coefficient (Wildman–Crippen LogP) is 5.41. The highest BCUT2D eigenvalue weighted by Crippen LogP contribution is 2.35. The molecule has 0 radical (unpaired) electrons. The van der Waals surface area contributed by atoms with Gasteiger partial charge in [0.15, 0.2) is 11.4 Å². The highest BCUT2D eigenvalue weighted by Gasteiger charge is 2.26. The number of carbonyl (C=O) groups is 1. The predicted molar refractivity (Wildman–Crippen MR) is 129 cm³/mol. The number of halogens is 2. The van der Waals surface area contributed by atoms with Crippen LogP contribution in [0.4, 0.5) is 17.5 Å². The van der Waals surface area contributed by atoms with Crippen LogP contribution in [0.15, 0.2) is 30.3 Å². The van der Waals surface area contributed by atoms with Crippen LogP contribution >= 0.6 is 23.2 Å². The third-order valence-corrected chi connectivity index (χ3v) is 6.21. The summed E-state index contributed by atoms with van der Waals surface area (Å²) in [7, 11) is 1.51. The summed E-state index contributed by atoms with van der Waals surface area (Å²) in [4.78, 5) is 26.2. The fourth-order valence-corrected chi connectivity index (χ4v) is 4.56. The zero-order valence-corrected chi connectivity index (χ0v) is 19.3. The number of benzene rings is 2. The normalized spacial score (nSPS) is 14.2. The lowest BCUT2D eigenvalue weighted by molar-refractivity contribution is -0.142. The Bertz CT molecular complexity index is 1230. The van der Waals surface area contributed by atoms with Gasteiger partial charge in [-0.05, 0) is 42.7 Å². The van der Waals surface area contributed by atoms with Crippen LogP contribution in [0.3, 0.4) is 0 Å². The van der Waals surface area contributed by atoms with E-state index in [-0.39, 0.29) is 5.92 Å². The summed E-state index contributed by atoms with van der Waals surface area (Å²) in [6, 6.07) is 8.80. The van der Waals surface area contributed by atoms with E-state index in [2.05, 4.69) is 15.1 Å². The van der Waals surface area contributed by atoms with Crippen molar-refractivity contribution in [3.8, 4) is 5.75 Å². The second kappa shape index (κ2) is 9.69. The molecule has 0 spiro atoms. The van der Waals surface area contributed by atoms with Crippen LogP contribution in [0.1, 0.15) is 18.4 Å². The highest BCUT2D eigenvalue weighted by atomic mass is 35.5. The Morgan fingerprint density at radius 2 is 1.94 bits per heavy atom. The molecule has 0 bridgehead atoms. The van der Waals surface area contributed by atoms with Crippen molar-refractivity contribution in [1.82, 2.24) is 9.97 Å². The zero-order valence-electron chi connectivity index (χ0n) is 17.8. The van der Waals surface area contributed by atoms with Gasteiger partial charge in [-0.1, -0.05) is 29.3 Å². The van der Waals surface area contributed by atoms with Crippen LogP contribution in [-0.2, 0) is 11.3 Å². The monoisotopic (exact) mass is 485 g/mol. The number of nitrogens with zero attached hydrogens (tertiary/aromatic N) is 4. The Hall–Kier alpha value is -3.28. The molecule has 3 aromatic rings. The Balaban J connectivity index is 1.65. The van der Waals surface area contributed by atoms with Gasteiger partial charge in [-0.2, -0.15) is 4.98 Å². The van der Waals surface area contributed by atoms with Gasteiger partial charge in [0.25, 0.3) is 0 Å². The third-order valence-electron chi connectivity index (χ3n) is 5.65. The molecule has 10 heteroatoms. The van der Waals surface area contributed by atoms with Gasteiger partial charge in [-0.15, -0.1) is 0 Å². The Kier molecular flexibility index (Phi) is 6.72. The van der Waals surface area contributed by atoms with Gasteiger partial charge in [-0.25, -0.2) is 9.83 Å². The molecule has 33 heavy (non-hydrogen) atoms. The molecule has 0 amide bonds. The van der Waals surface area contributed by atoms with Crippen LogP contribution in [0.5, 0.6) is 5.75 Å². The van der Waals surface area contributed by atoms with Crippen LogP contribution in [0.25, 0.3) is 15.7 Å². The smallest absolute Gasteiger partial charge is 0.306 e. The Labute approximate surface area is 200 Å². The Morgan fingerprint density at radius 3 is 2.55 bits per heavy atom. The van der Waals surface area contributed by atoms with E-state index < -0.39 is 5.97 Å². The van der Waals surface area contributed by atoms with E-state index >= 15 is 0 Å². The molecule has 2 N–H and O–H groups in total. The van der Waals surface area contributed by atoms with Crippen molar-refractivity contribution in [3.63, 3.8) is 0 Å². The van der Waals surface area contributed by atoms with Crippen molar-refractivity contribution >= 4 is 57.5 Å². The summed E-state index contributed by atoms with van der Waals surface area (Å²) >= 11 is 12.5. The summed E-state index contributed by atoms with van der Waals surface area (Å²) in [5, 5.41) is 14.1. The van der Waals surface area contributed by atoms with Crippen molar-refractivity contribution in [2.45, 2.75) is 19.4 Å². The molecule has 2 aromatic carbocycles. The Morgan fingerprint density at radius 1 is 1.24 bits per heavy atom. The first kappa shape index (κ1) is 22.9. The second-order valence-electron chi connectivity index (χ2n) is 7.73. The molecule has 4 rings (SSSR count). The van der Waals surface area contributed by atoms with E-state index in [1.807, 2.05) is 4.90 Å². The molecule has 1 aliphatic heterocycles. The summed E-state index contributed by atoms with van der Waals surface area (Å²) < 4.78 is 5.21. The number of carboxylic acids is 1. The number of aromatic nitrogens is 2. The molecule has 0 atom stereocenters. The molecule has 1 aromatic heterocycles. The number of hydrogen-bond acceptors (Lipinski definition) is 6. The molecular weight excluding hydrogens is 465 g/mol. The molecule has 1 fully saturated rings. The minimum atomic E-state index is -0.764. The topological polar surface area (TPSA) is 91.9 Å². The van der Waals surface area contributed by atoms with Gasteiger partial charge in [0.2, 0.25) is 5.95 Å². The molecule has 2 heterocycles. The van der Waals surface area contributed by atoms with Crippen molar-refractivity contribution in [1.29, 1.82) is 0 Å². The number of piperidine rings is 1. The number of anilines is 2. The number of fused-ring (bicyclic) bond motifs is 1. The lowest BCUT2D eigenvalue weighted by atomic mass is 9.97. The molecule has 0 aliphatic carbocycles. The van der Waals surface area contributed by atoms with Gasteiger partial charge < -0.3 is 20.1 Å². The summed E-state index contributed by atoms with van der Waals surface area (Å²) in [5.41, 5.74) is 2.02. The maximum absolute atomic E-state index is 11.3. The molecule has 1 saturated heterocycles. The van der Waals surface area contributed by atoms with E-state index in [1.165, 1.54) is 7.11 Å². The van der Waals surface area contributed by atoms with E-state index in [0.717, 1.165) is 10.9 Å². The second-order valence-corrected chi connectivity index (χ2v) is 8.55. The maximum Gasteiger partial charge on any atom is 0.306 e. The molecule has 8 nitrogen and oxygen atoms in total. The third kappa shape index (κ3) is 4.90. The van der Waals surface area contributed by atoms with Gasteiger partial charge in [0, 0.05) is 25.0 Å². The summed E-state index contributed by atoms with van der Waals surface area (Å²) in [6.45, 7) is 8.84. The molecular formula is C23H21Cl2N5O3. The zero-order chi connectivity index (χ0) is 23.5. The van der Waals surface area contributed by atoms with Gasteiger partial charge in [0.1, 0.15) is 5.82 Å². The van der Waals surface area contributed by atoms with E-state index in [0.29, 0.717) is 71.2 Å². The quantitative estimate of drug-likeness (QED) is 0.450. The highest BCUT2D eigenvalue weighted by molar-refractivity contribution is 6.37. The first-order valence-electron chi connectivity index (χ1n) is 10.3. The summed E-state index contributed by atoms with van der Waals surface area (Å²) in [5.74, 6) is 0.410. The fraction of sp³-hybridized carbons (Fsp3) is 0.304. The first-order valence-corrected chi connectivity index (χ1v) is 11.1. The lowest BCUT2D eigenvalue weighted by Gasteiger charge is -2.30. The number of methoxy groups -OCH3 is 1. The molecule has 1 aliphatic rings. The van der Waals surface area contributed by atoms with E-state index in [4.69, 9.17) is 39.5 Å². The van der Waals surface area contributed by atoms with Crippen molar-refractivity contribution in [3.05, 3.63) is 57.4 Å². The van der Waals surface area contributed by atoms with Gasteiger partial charge >= 0.3 is 5.97 Å². The van der Waals surface area contributed by atoms with Crippen LogP contribution < -0.4 is 15.0 Å². The molecule has 170 valence electrons. The fourth-order valence-electron chi connectivity index (χ4n) is 3.87. The number of carboxylic acid groups (broad SMARTS) is 1. The van der Waals surface area contributed by atoms with Gasteiger partial charge in [-0.3, -0.25) is 4.79 Å². The molecule has 0 unspecified atom stereocenters. The number of nitrogens with one attached hydrogen (secondary N) is 1. The largest absolute Gasteiger partial charge is 0.494 e. The SMILES string of the molecule is [C-]#[N+]c1ccc2nc(N3CCC(C(=O)O)CC3)nc(NCc3cc(Cl)c(OC)c(Cl)c3)c2c1. The number of rotatable bonds is 6. The van der Waals surface area contributed by atoms with E-state index in [9.17, 15) is 9.90 Å². The van der Waals surface area contributed by atoms with Crippen molar-refractivity contribution in [2.24, 2.45) is 5.92 Å². The van der Waals surface area contributed by atoms with Crippen LogP contribution in [-0.4, -0.2) is 41.2 Å². The van der Waals surface area contributed by atoms with Crippen molar-refractivity contribution < 1.29 is 14.6 Å². The average Bonchev–Trinajstić information content (AvgIpc) is 2.82. The number of aliphatic carboxylic acids is 1. The first-order chi connectivity index (χ1) is 15.9. The van der Waals surface area contributed by atoms with Crippen LogP contribution in [0.2, 0.25) is 10.0 Å². The number of hydrogen-bond donors (Lipinski definition) is 2. The number of ether oxygens (including phenoxy) is 1. The lowest BCUT2D eigenvalue weighted by Crippen LogP contribution is -2.37. The maximum atomic E-state index is 11.3. The van der Waals surface area contributed by atoms with E-state index in [1.54, 1.807) is 30.3 Å². The van der Waals surface area contributed by atoms with Crippen LogP contribution in [0, 0.1) is 12.5 Å². The van der Waals surface area contributed by atoms with Crippen molar-refractivity contribution in [2.75, 3.05) is 30.4 Å². The minimum Gasteiger partial charge on any atom is -0.494 e. The van der Waals surface area contributed by atoms with Gasteiger partial charge in [0.05, 0.1) is 35.2 Å². The average molecular weight is 486 g/mol.